The molecule has 0 heterocycles. The number of nitrogens with one attached hydrogen (secondary N) is 1. The van der Waals surface area contributed by atoms with Crippen LogP contribution in [0, 0.1) is 11.7 Å². The van der Waals surface area contributed by atoms with E-state index in [4.69, 9.17) is 5.11 Å². The van der Waals surface area contributed by atoms with Gasteiger partial charge in [0, 0.05) is 12.1 Å². The Hall–Kier alpha value is -2.25. The summed E-state index contributed by atoms with van der Waals surface area (Å²) in [6.45, 7) is -3.18. The lowest BCUT2D eigenvalue weighted by molar-refractivity contribution is -0.145. The Morgan fingerprint density at radius 2 is 2.00 bits per heavy atom. The maximum atomic E-state index is 13.0. The van der Waals surface area contributed by atoms with E-state index in [2.05, 4.69) is 10.1 Å². The number of carboxylic acid groups (broad SMARTS) is 1. The van der Waals surface area contributed by atoms with E-state index in [0.29, 0.717) is 6.07 Å². The highest BCUT2D eigenvalue weighted by molar-refractivity contribution is 5.97. The molecule has 2 rings (SSSR count). The summed E-state index contributed by atoms with van der Waals surface area (Å²) in [6, 6.07) is 2.34. The van der Waals surface area contributed by atoms with Crippen molar-refractivity contribution in [3.8, 4) is 5.75 Å². The first-order valence-corrected chi connectivity index (χ1v) is 6.15. The van der Waals surface area contributed by atoms with Crippen LogP contribution in [-0.2, 0) is 4.79 Å². The van der Waals surface area contributed by atoms with Gasteiger partial charge < -0.3 is 15.2 Å². The minimum Gasteiger partial charge on any atom is -0.481 e. The molecule has 5 nitrogen and oxygen atoms in total. The molecule has 0 saturated heterocycles. The van der Waals surface area contributed by atoms with Crippen molar-refractivity contribution in [2.45, 2.75) is 25.5 Å². The smallest absolute Gasteiger partial charge is 0.387 e. The Morgan fingerprint density at radius 3 is 2.57 bits per heavy atom. The van der Waals surface area contributed by atoms with Crippen molar-refractivity contribution < 1.29 is 32.6 Å². The van der Waals surface area contributed by atoms with E-state index in [1.54, 1.807) is 0 Å². The average molecular weight is 303 g/mol. The van der Waals surface area contributed by atoms with Gasteiger partial charge in [-0.1, -0.05) is 0 Å². The number of halogens is 3. The zero-order valence-corrected chi connectivity index (χ0v) is 10.7. The zero-order chi connectivity index (χ0) is 15.6. The predicted octanol–water partition coefficient (Wildman–Crippen LogP) is 2.02. The molecule has 0 bridgehead atoms. The summed E-state index contributed by atoms with van der Waals surface area (Å²) in [6.07, 6.45) is 0.542. The summed E-state index contributed by atoms with van der Waals surface area (Å²) >= 11 is 0. The lowest BCUT2D eigenvalue weighted by Crippen LogP contribution is -2.46. The van der Waals surface area contributed by atoms with Crippen LogP contribution in [0.4, 0.5) is 13.2 Å². The van der Waals surface area contributed by atoms with Gasteiger partial charge in [-0.2, -0.15) is 8.78 Å². The normalized spacial score (nSPS) is 20.8. The van der Waals surface area contributed by atoms with Crippen LogP contribution in [0.3, 0.4) is 0 Å². The van der Waals surface area contributed by atoms with Gasteiger partial charge in [-0.25, -0.2) is 4.39 Å². The summed E-state index contributed by atoms with van der Waals surface area (Å²) < 4.78 is 41.6. The van der Waals surface area contributed by atoms with Gasteiger partial charge in [-0.3, -0.25) is 9.59 Å². The molecule has 2 N–H and O–H groups in total. The molecule has 1 saturated carbocycles. The Bertz CT molecular complexity index is 558. The molecular weight excluding hydrogens is 291 g/mol. The van der Waals surface area contributed by atoms with E-state index in [-0.39, 0.29) is 24.4 Å². The first-order chi connectivity index (χ1) is 9.86. The summed E-state index contributed by atoms with van der Waals surface area (Å²) in [4.78, 5) is 22.6. The van der Waals surface area contributed by atoms with E-state index in [1.807, 2.05) is 0 Å². The van der Waals surface area contributed by atoms with Crippen LogP contribution in [-0.4, -0.2) is 29.6 Å². The Kier molecular flexibility index (Phi) is 4.35. The second-order valence-corrected chi connectivity index (χ2v) is 4.70. The fourth-order valence-electron chi connectivity index (χ4n) is 2.08. The second kappa shape index (κ2) is 6.02. The van der Waals surface area contributed by atoms with Gasteiger partial charge in [-0.05, 0) is 25.0 Å². The van der Waals surface area contributed by atoms with E-state index < -0.39 is 36.0 Å². The molecule has 21 heavy (non-hydrogen) atoms. The van der Waals surface area contributed by atoms with Crippen LogP contribution in [0.5, 0.6) is 5.75 Å². The van der Waals surface area contributed by atoms with Crippen molar-refractivity contribution in [2.75, 3.05) is 0 Å². The number of rotatable bonds is 5. The van der Waals surface area contributed by atoms with Gasteiger partial charge in [-0.15, -0.1) is 0 Å². The quantitative estimate of drug-likeness (QED) is 0.872. The number of benzene rings is 1. The zero-order valence-electron chi connectivity index (χ0n) is 10.7. The maximum Gasteiger partial charge on any atom is 0.387 e. The number of hydrogen-bond acceptors (Lipinski definition) is 3. The van der Waals surface area contributed by atoms with Crippen LogP contribution < -0.4 is 10.1 Å². The van der Waals surface area contributed by atoms with Gasteiger partial charge in [0.05, 0.1) is 11.5 Å². The Balaban J connectivity index is 2.04. The number of ether oxygens (including phenoxy) is 1. The van der Waals surface area contributed by atoms with Crippen LogP contribution in [0.25, 0.3) is 0 Å². The summed E-state index contributed by atoms with van der Waals surface area (Å²) in [5, 5.41) is 11.2. The van der Waals surface area contributed by atoms with Gasteiger partial charge >= 0.3 is 12.6 Å². The molecule has 0 spiro atoms. The molecular formula is C13H12F3NO4. The monoisotopic (exact) mass is 303 g/mol. The summed E-state index contributed by atoms with van der Waals surface area (Å²) in [7, 11) is 0. The Labute approximate surface area is 117 Å². The molecule has 1 amide bonds. The summed E-state index contributed by atoms with van der Waals surface area (Å²) in [5.41, 5.74) is -0.226. The highest BCUT2D eigenvalue weighted by Crippen LogP contribution is 2.29. The number of hydrogen-bond donors (Lipinski definition) is 2. The minimum atomic E-state index is -3.18. The van der Waals surface area contributed by atoms with E-state index in [9.17, 15) is 22.8 Å². The molecule has 0 radical (unpaired) electrons. The van der Waals surface area contributed by atoms with Crippen LogP contribution in [0.15, 0.2) is 18.2 Å². The van der Waals surface area contributed by atoms with Crippen molar-refractivity contribution in [3.63, 3.8) is 0 Å². The molecule has 0 unspecified atom stereocenters. The lowest BCUT2D eigenvalue weighted by atomic mass is 9.80. The number of carbonyl (C=O) groups is 2. The predicted molar refractivity (Wildman–Crippen MR) is 64.6 cm³/mol. The fourth-order valence-corrected chi connectivity index (χ4v) is 2.08. The van der Waals surface area contributed by atoms with Crippen LogP contribution in [0.2, 0.25) is 0 Å². The van der Waals surface area contributed by atoms with Crippen LogP contribution >= 0.6 is 0 Å². The number of alkyl halides is 2. The van der Waals surface area contributed by atoms with Crippen molar-refractivity contribution >= 4 is 11.9 Å². The highest BCUT2D eigenvalue weighted by atomic mass is 19.3. The van der Waals surface area contributed by atoms with Crippen molar-refractivity contribution in [1.82, 2.24) is 5.32 Å². The molecule has 1 aromatic rings. The van der Waals surface area contributed by atoms with Crippen molar-refractivity contribution in [3.05, 3.63) is 29.6 Å². The molecule has 1 aliphatic carbocycles. The van der Waals surface area contributed by atoms with E-state index in [0.717, 1.165) is 12.1 Å². The van der Waals surface area contributed by atoms with Gasteiger partial charge in [0.1, 0.15) is 11.6 Å². The first-order valence-electron chi connectivity index (χ1n) is 6.15. The molecule has 8 heteroatoms. The molecule has 1 aliphatic rings. The van der Waals surface area contributed by atoms with Crippen LogP contribution in [0.1, 0.15) is 23.2 Å². The maximum absolute atomic E-state index is 13.0. The number of aliphatic carboxylic acids is 1. The number of carboxylic acids is 1. The molecule has 1 aromatic carbocycles. The molecule has 1 fully saturated rings. The third-order valence-corrected chi connectivity index (χ3v) is 3.23. The van der Waals surface area contributed by atoms with Crippen molar-refractivity contribution in [2.24, 2.45) is 5.92 Å². The largest absolute Gasteiger partial charge is 0.481 e. The number of carbonyl (C=O) groups excluding carboxylic acids is 1. The van der Waals surface area contributed by atoms with Crippen molar-refractivity contribution in [1.29, 1.82) is 0 Å². The standard InChI is InChI=1S/C13H12F3NO4/c14-7-1-2-9(10(5-7)21-13(15)16)11(18)17-8-3-6(4-8)12(19)20/h1-2,5-6,8,13H,3-4H2,(H,17,18)(H,19,20). The number of amides is 1. The third-order valence-electron chi connectivity index (χ3n) is 3.23. The second-order valence-electron chi connectivity index (χ2n) is 4.70. The first kappa shape index (κ1) is 15.1. The third kappa shape index (κ3) is 3.65. The van der Waals surface area contributed by atoms with Gasteiger partial charge in [0.25, 0.3) is 5.91 Å². The molecule has 0 aliphatic heterocycles. The van der Waals surface area contributed by atoms with Gasteiger partial charge in [0.2, 0.25) is 0 Å². The SMILES string of the molecule is O=C(NC1CC(C(=O)O)C1)c1ccc(F)cc1OC(F)F. The summed E-state index contributed by atoms with van der Waals surface area (Å²) in [5.74, 6) is -3.53. The minimum absolute atomic E-state index is 0.226. The fraction of sp³-hybridized carbons (Fsp3) is 0.385. The Morgan fingerprint density at radius 1 is 1.33 bits per heavy atom. The van der Waals surface area contributed by atoms with Gasteiger partial charge in [0.15, 0.2) is 0 Å². The topological polar surface area (TPSA) is 75.6 Å². The highest BCUT2D eigenvalue weighted by Gasteiger charge is 2.35. The average Bonchev–Trinajstić information content (AvgIpc) is 2.31. The molecule has 0 aromatic heterocycles. The molecule has 0 atom stereocenters. The van der Waals surface area contributed by atoms with E-state index in [1.165, 1.54) is 0 Å². The lowest BCUT2D eigenvalue weighted by Gasteiger charge is -2.32. The van der Waals surface area contributed by atoms with E-state index >= 15 is 0 Å². The molecule has 114 valence electrons.